The van der Waals surface area contributed by atoms with Crippen molar-refractivity contribution in [2.75, 3.05) is 13.7 Å². The first-order valence-electron chi connectivity index (χ1n) is 7.52. The van der Waals surface area contributed by atoms with Gasteiger partial charge in [-0.2, -0.15) is 0 Å². The molecule has 2 aromatic carbocycles. The third kappa shape index (κ3) is 3.45. The van der Waals surface area contributed by atoms with Crippen molar-refractivity contribution in [3.63, 3.8) is 0 Å². The largest absolute Gasteiger partial charge is 0.497 e. The van der Waals surface area contributed by atoms with Crippen LogP contribution in [0.2, 0.25) is 0 Å². The van der Waals surface area contributed by atoms with E-state index < -0.39 is 0 Å². The molecule has 2 nitrogen and oxygen atoms in total. The van der Waals surface area contributed by atoms with E-state index >= 15 is 0 Å². The summed E-state index contributed by atoms with van der Waals surface area (Å²) in [6, 6.07) is 13.0. The van der Waals surface area contributed by atoms with Crippen molar-refractivity contribution in [1.29, 1.82) is 0 Å². The van der Waals surface area contributed by atoms with Crippen LogP contribution in [-0.4, -0.2) is 13.7 Å². The van der Waals surface area contributed by atoms with E-state index in [9.17, 15) is 0 Å². The Bertz CT molecular complexity index is 596. The van der Waals surface area contributed by atoms with E-state index in [1.165, 1.54) is 27.8 Å². The quantitative estimate of drug-likeness (QED) is 0.882. The van der Waals surface area contributed by atoms with Crippen molar-refractivity contribution >= 4 is 0 Å². The summed E-state index contributed by atoms with van der Waals surface area (Å²) in [7, 11) is 1.71. The maximum atomic E-state index is 5.37. The molecule has 0 saturated carbocycles. The van der Waals surface area contributed by atoms with Gasteiger partial charge in [-0.15, -0.1) is 0 Å². The number of hydrogen-bond acceptors (Lipinski definition) is 2. The molecule has 0 heterocycles. The lowest BCUT2D eigenvalue weighted by Crippen LogP contribution is -2.23. The second-order valence-corrected chi connectivity index (χ2v) is 5.58. The van der Waals surface area contributed by atoms with Gasteiger partial charge in [0.15, 0.2) is 0 Å². The number of aryl methyl sites for hydroxylation is 3. The molecular weight excluding hydrogens is 258 g/mol. The van der Waals surface area contributed by atoms with Crippen LogP contribution in [0, 0.1) is 20.8 Å². The first kappa shape index (κ1) is 15.6. The van der Waals surface area contributed by atoms with E-state index in [0.717, 1.165) is 12.3 Å². The maximum Gasteiger partial charge on any atom is 0.119 e. The van der Waals surface area contributed by atoms with Gasteiger partial charge in [0.1, 0.15) is 5.75 Å². The second-order valence-electron chi connectivity index (χ2n) is 5.58. The van der Waals surface area contributed by atoms with Gasteiger partial charge < -0.3 is 10.1 Å². The van der Waals surface area contributed by atoms with Crippen molar-refractivity contribution in [3.8, 4) is 5.75 Å². The number of methoxy groups -OCH3 is 1. The number of nitrogens with one attached hydrogen (secondary N) is 1. The summed E-state index contributed by atoms with van der Waals surface area (Å²) in [6.07, 6.45) is 0. The molecule has 21 heavy (non-hydrogen) atoms. The molecule has 0 fully saturated rings. The summed E-state index contributed by atoms with van der Waals surface area (Å²) < 4.78 is 5.37. The van der Waals surface area contributed by atoms with Gasteiger partial charge in [0.2, 0.25) is 0 Å². The van der Waals surface area contributed by atoms with Gasteiger partial charge in [0, 0.05) is 0 Å². The molecule has 0 radical (unpaired) electrons. The van der Waals surface area contributed by atoms with Crippen LogP contribution in [0.5, 0.6) is 5.75 Å². The summed E-state index contributed by atoms with van der Waals surface area (Å²) in [6.45, 7) is 9.61. The van der Waals surface area contributed by atoms with Gasteiger partial charge in [-0.3, -0.25) is 0 Å². The monoisotopic (exact) mass is 283 g/mol. The van der Waals surface area contributed by atoms with Crippen molar-refractivity contribution in [3.05, 3.63) is 64.2 Å². The number of rotatable bonds is 5. The highest BCUT2D eigenvalue weighted by Crippen LogP contribution is 2.30. The summed E-state index contributed by atoms with van der Waals surface area (Å²) >= 11 is 0. The van der Waals surface area contributed by atoms with Crippen LogP contribution in [-0.2, 0) is 0 Å². The molecule has 2 rings (SSSR count). The second kappa shape index (κ2) is 6.77. The zero-order valence-corrected chi connectivity index (χ0v) is 13.7. The maximum absolute atomic E-state index is 5.37. The molecule has 0 amide bonds. The van der Waals surface area contributed by atoms with Gasteiger partial charge in [0.25, 0.3) is 0 Å². The van der Waals surface area contributed by atoms with Crippen molar-refractivity contribution in [2.24, 2.45) is 0 Å². The molecule has 2 heteroatoms. The van der Waals surface area contributed by atoms with Crippen molar-refractivity contribution < 1.29 is 4.74 Å². The smallest absolute Gasteiger partial charge is 0.119 e. The summed E-state index contributed by atoms with van der Waals surface area (Å²) in [5.41, 5.74) is 6.60. The molecule has 2 aromatic rings. The van der Waals surface area contributed by atoms with Crippen molar-refractivity contribution in [1.82, 2.24) is 5.32 Å². The summed E-state index contributed by atoms with van der Waals surface area (Å²) in [5.74, 6) is 0.901. The van der Waals surface area contributed by atoms with E-state index in [2.05, 4.69) is 63.3 Å². The van der Waals surface area contributed by atoms with E-state index in [1.807, 2.05) is 6.07 Å². The van der Waals surface area contributed by atoms with Crippen LogP contribution in [0.25, 0.3) is 0 Å². The van der Waals surface area contributed by atoms with Gasteiger partial charge in [-0.25, -0.2) is 0 Å². The Balaban J connectivity index is 2.53. The van der Waals surface area contributed by atoms with Crippen LogP contribution < -0.4 is 10.1 Å². The molecule has 0 bridgehead atoms. The van der Waals surface area contributed by atoms with Crippen LogP contribution >= 0.6 is 0 Å². The topological polar surface area (TPSA) is 21.3 Å². The van der Waals surface area contributed by atoms with E-state index in [-0.39, 0.29) is 6.04 Å². The van der Waals surface area contributed by atoms with Crippen LogP contribution in [0.1, 0.15) is 40.8 Å². The third-order valence-corrected chi connectivity index (χ3v) is 3.86. The van der Waals surface area contributed by atoms with E-state index in [0.29, 0.717) is 0 Å². The Labute approximate surface area is 128 Å². The molecule has 0 aliphatic rings. The van der Waals surface area contributed by atoms with Crippen LogP contribution in [0.3, 0.4) is 0 Å². The molecular formula is C19H25NO. The fraction of sp³-hybridized carbons (Fsp3) is 0.368. The third-order valence-electron chi connectivity index (χ3n) is 3.86. The normalized spacial score (nSPS) is 12.2. The molecule has 0 saturated heterocycles. The van der Waals surface area contributed by atoms with Gasteiger partial charge in [-0.1, -0.05) is 36.8 Å². The molecule has 0 aliphatic heterocycles. The Morgan fingerprint density at radius 1 is 1.05 bits per heavy atom. The molecule has 1 unspecified atom stereocenters. The molecule has 1 atom stereocenters. The fourth-order valence-electron chi connectivity index (χ4n) is 3.06. The molecule has 0 aliphatic carbocycles. The Morgan fingerprint density at radius 3 is 2.29 bits per heavy atom. The minimum Gasteiger partial charge on any atom is -0.497 e. The highest BCUT2D eigenvalue weighted by molar-refractivity contribution is 5.45. The lowest BCUT2D eigenvalue weighted by molar-refractivity contribution is 0.413. The first-order chi connectivity index (χ1) is 10.1. The van der Waals surface area contributed by atoms with Crippen molar-refractivity contribution in [2.45, 2.75) is 33.7 Å². The van der Waals surface area contributed by atoms with E-state index in [4.69, 9.17) is 4.74 Å². The Hall–Kier alpha value is -1.80. The average Bonchev–Trinajstić information content (AvgIpc) is 2.45. The van der Waals surface area contributed by atoms with Gasteiger partial charge in [-0.05, 0) is 61.7 Å². The SMILES string of the molecule is CCNC(c1cccc(OC)c1)c1c(C)cc(C)cc1C. The van der Waals surface area contributed by atoms with E-state index in [1.54, 1.807) is 7.11 Å². The first-order valence-corrected chi connectivity index (χ1v) is 7.52. The minimum atomic E-state index is 0.200. The Morgan fingerprint density at radius 2 is 1.71 bits per heavy atom. The molecule has 0 spiro atoms. The minimum absolute atomic E-state index is 0.200. The zero-order valence-electron chi connectivity index (χ0n) is 13.7. The summed E-state index contributed by atoms with van der Waals surface area (Å²) in [4.78, 5) is 0. The standard InChI is InChI=1S/C19H25NO/c1-6-20-19(16-8-7-9-17(12-16)21-5)18-14(3)10-13(2)11-15(18)4/h7-12,19-20H,6H2,1-5H3. The highest BCUT2D eigenvalue weighted by atomic mass is 16.5. The lowest BCUT2D eigenvalue weighted by atomic mass is 9.90. The molecule has 0 aromatic heterocycles. The molecule has 112 valence electrons. The average molecular weight is 283 g/mol. The number of ether oxygens (including phenoxy) is 1. The number of hydrogen-bond donors (Lipinski definition) is 1. The Kier molecular flexibility index (Phi) is 5.03. The van der Waals surface area contributed by atoms with Crippen LogP contribution in [0.15, 0.2) is 36.4 Å². The molecule has 1 N–H and O–H groups in total. The predicted molar refractivity (Wildman–Crippen MR) is 89.2 cm³/mol. The fourth-order valence-corrected chi connectivity index (χ4v) is 3.06. The van der Waals surface area contributed by atoms with Crippen LogP contribution in [0.4, 0.5) is 0 Å². The predicted octanol–water partition coefficient (Wildman–Crippen LogP) is 4.32. The van der Waals surface area contributed by atoms with Gasteiger partial charge >= 0.3 is 0 Å². The number of benzene rings is 2. The van der Waals surface area contributed by atoms with Gasteiger partial charge in [0.05, 0.1) is 13.2 Å². The zero-order chi connectivity index (χ0) is 15.4. The summed E-state index contributed by atoms with van der Waals surface area (Å²) in [5, 5.41) is 3.61. The highest BCUT2D eigenvalue weighted by Gasteiger charge is 2.18. The lowest BCUT2D eigenvalue weighted by Gasteiger charge is -2.24.